The number of aromatic nitrogens is 2. The molecule has 0 aliphatic carbocycles. The molecule has 1 aromatic heterocycles. The highest BCUT2D eigenvalue weighted by atomic mass is 32.2. The minimum atomic E-state index is -3.57. The molecule has 0 unspecified atom stereocenters. The second-order valence-corrected chi connectivity index (χ2v) is 5.79. The van der Waals surface area contributed by atoms with Crippen molar-refractivity contribution in [3.63, 3.8) is 0 Å². The van der Waals surface area contributed by atoms with Crippen molar-refractivity contribution >= 4 is 15.7 Å². The van der Waals surface area contributed by atoms with Crippen LogP contribution in [0.15, 0.2) is 41.6 Å². The molecule has 18 heavy (non-hydrogen) atoms. The Kier molecular flexibility index (Phi) is 3.38. The number of hydrogen-bond acceptors (Lipinski definition) is 3. The molecule has 2 rings (SSSR count). The standard InChI is InChI=1S/C12H15N3O2S/c1-3-11-13-9-12(14-11)18(16,17)15(2)10-7-5-4-6-8-10/h4-9H,3H2,1-2H3,(H,13,14). The Hall–Kier alpha value is -1.82. The van der Waals surface area contributed by atoms with Crippen LogP contribution >= 0.6 is 0 Å². The average molecular weight is 265 g/mol. The first-order valence-electron chi connectivity index (χ1n) is 5.63. The lowest BCUT2D eigenvalue weighted by atomic mass is 10.3. The number of aryl methyl sites for hydroxylation is 1. The topological polar surface area (TPSA) is 66.1 Å². The summed E-state index contributed by atoms with van der Waals surface area (Å²) in [6.45, 7) is 1.91. The molecule has 96 valence electrons. The van der Waals surface area contributed by atoms with Crippen LogP contribution in [0.4, 0.5) is 5.69 Å². The smallest absolute Gasteiger partial charge is 0.281 e. The molecule has 0 atom stereocenters. The van der Waals surface area contributed by atoms with Crippen molar-refractivity contribution in [2.45, 2.75) is 18.4 Å². The fourth-order valence-electron chi connectivity index (χ4n) is 1.58. The summed E-state index contributed by atoms with van der Waals surface area (Å²) >= 11 is 0. The quantitative estimate of drug-likeness (QED) is 0.916. The lowest BCUT2D eigenvalue weighted by Crippen LogP contribution is -2.26. The van der Waals surface area contributed by atoms with Gasteiger partial charge in [-0.15, -0.1) is 0 Å². The van der Waals surface area contributed by atoms with Gasteiger partial charge in [0.1, 0.15) is 5.82 Å². The molecule has 1 heterocycles. The minimum Gasteiger partial charge on any atom is -0.332 e. The first-order valence-corrected chi connectivity index (χ1v) is 7.07. The molecule has 0 aliphatic rings. The largest absolute Gasteiger partial charge is 0.332 e. The molecule has 0 amide bonds. The Morgan fingerprint density at radius 1 is 1.28 bits per heavy atom. The number of benzene rings is 1. The van der Waals surface area contributed by atoms with Crippen LogP contribution < -0.4 is 4.31 Å². The van der Waals surface area contributed by atoms with Crippen molar-refractivity contribution < 1.29 is 8.42 Å². The van der Waals surface area contributed by atoms with Crippen LogP contribution in [0, 0.1) is 0 Å². The van der Waals surface area contributed by atoms with E-state index in [1.165, 1.54) is 17.5 Å². The van der Waals surface area contributed by atoms with Crippen LogP contribution in [0.2, 0.25) is 0 Å². The number of nitrogens with zero attached hydrogens (tertiary/aromatic N) is 2. The van der Waals surface area contributed by atoms with Crippen molar-refractivity contribution in [1.29, 1.82) is 0 Å². The molecule has 0 aliphatic heterocycles. The van der Waals surface area contributed by atoms with Gasteiger partial charge < -0.3 is 4.98 Å². The van der Waals surface area contributed by atoms with E-state index < -0.39 is 10.0 Å². The van der Waals surface area contributed by atoms with Crippen LogP contribution in [-0.2, 0) is 16.4 Å². The van der Waals surface area contributed by atoms with Gasteiger partial charge in [-0.1, -0.05) is 25.1 Å². The summed E-state index contributed by atoms with van der Waals surface area (Å²) in [6, 6.07) is 8.93. The third kappa shape index (κ3) is 2.24. The van der Waals surface area contributed by atoms with Gasteiger partial charge in [0.2, 0.25) is 0 Å². The maximum Gasteiger partial charge on any atom is 0.281 e. The normalized spacial score (nSPS) is 11.4. The number of para-hydroxylation sites is 1. The van der Waals surface area contributed by atoms with Crippen molar-refractivity contribution in [3.05, 3.63) is 42.4 Å². The zero-order chi connectivity index (χ0) is 13.2. The zero-order valence-corrected chi connectivity index (χ0v) is 11.1. The molecule has 0 radical (unpaired) electrons. The number of hydrogen-bond donors (Lipinski definition) is 1. The molecule has 5 nitrogen and oxygen atoms in total. The number of nitrogens with one attached hydrogen (secondary N) is 1. The van der Waals surface area contributed by atoms with E-state index in [1.807, 2.05) is 13.0 Å². The van der Waals surface area contributed by atoms with Crippen molar-refractivity contribution in [2.24, 2.45) is 0 Å². The van der Waals surface area contributed by atoms with Crippen LogP contribution in [0.1, 0.15) is 12.7 Å². The summed E-state index contributed by atoms with van der Waals surface area (Å²) in [4.78, 5) is 6.83. The van der Waals surface area contributed by atoms with Gasteiger partial charge in [0, 0.05) is 13.5 Å². The van der Waals surface area contributed by atoms with E-state index >= 15 is 0 Å². The predicted octanol–water partition coefficient (Wildman–Crippen LogP) is 1.80. The zero-order valence-electron chi connectivity index (χ0n) is 10.3. The lowest BCUT2D eigenvalue weighted by Gasteiger charge is -2.17. The minimum absolute atomic E-state index is 0.116. The van der Waals surface area contributed by atoms with E-state index in [0.29, 0.717) is 17.9 Å². The molecule has 6 heteroatoms. The maximum absolute atomic E-state index is 12.3. The molecule has 2 aromatic rings. The Labute approximate surface area is 107 Å². The van der Waals surface area contributed by atoms with Gasteiger partial charge >= 0.3 is 0 Å². The molecule has 1 aromatic carbocycles. The van der Waals surface area contributed by atoms with E-state index in [4.69, 9.17) is 0 Å². The van der Waals surface area contributed by atoms with Crippen molar-refractivity contribution in [1.82, 2.24) is 9.97 Å². The van der Waals surface area contributed by atoms with Crippen LogP contribution in [0.25, 0.3) is 0 Å². The summed E-state index contributed by atoms with van der Waals surface area (Å²) in [6.07, 6.45) is 2.03. The molecule has 0 saturated carbocycles. The summed E-state index contributed by atoms with van der Waals surface area (Å²) in [7, 11) is -2.04. The van der Waals surface area contributed by atoms with E-state index in [9.17, 15) is 8.42 Å². The van der Waals surface area contributed by atoms with Crippen LogP contribution in [0.3, 0.4) is 0 Å². The highest BCUT2D eigenvalue weighted by Crippen LogP contribution is 2.20. The molecule has 0 bridgehead atoms. The van der Waals surface area contributed by atoms with Gasteiger partial charge in [-0.3, -0.25) is 4.31 Å². The summed E-state index contributed by atoms with van der Waals surface area (Å²) in [5.41, 5.74) is 0.616. The number of aromatic amines is 1. The number of rotatable bonds is 4. The highest BCUT2D eigenvalue weighted by molar-refractivity contribution is 7.92. The molecular weight excluding hydrogens is 250 g/mol. The van der Waals surface area contributed by atoms with Crippen LogP contribution in [0.5, 0.6) is 0 Å². The molecule has 0 fully saturated rings. The second kappa shape index (κ2) is 4.81. The third-order valence-corrected chi connectivity index (χ3v) is 4.39. The Morgan fingerprint density at radius 2 is 1.94 bits per heavy atom. The molecular formula is C12H15N3O2S. The molecule has 0 spiro atoms. The van der Waals surface area contributed by atoms with Crippen LogP contribution in [-0.4, -0.2) is 25.4 Å². The third-order valence-electron chi connectivity index (χ3n) is 2.70. The van der Waals surface area contributed by atoms with E-state index in [-0.39, 0.29) is 5.03 Å². The first-order chi connectivity index (χ1) is 8.55. The van der Waals surface area contributed by atoms with Gasteiger partial charge in [0.25, 0.3) is 10.0 Å². The summed E-state index contributed by atoms with van der Waals surface area (Å²) in [5, 5.41) is 0.116. The van der Waals surface area contributed by atoms with Gasteiger partial charge in [-0.05, 0) is 12.1 Å². The Morgan fingerprint density at radius 3 is 2.50 bits per heavy atom. The Balaban J connectivity index is 2.37. The fourth-order valence-corrected chi connectivity index (χ4v) is 2.71. The number of imidazole rings is 1. The fraction of sp³-hybridized carbons (Fsp3) is 0.250. The van der Waals surface area contributed by atoms with E-state index in [1.54, 1.807) is 24.3 Å². The molecule has 0 saturated heterocycles. The van der Waals surface area contributed by atoms with Gasteiger partial charge in [-0.2, -0.15) is 8.42 Å². The average Bonchev–Trinajstić information content (AvgIpc) is 2.88. The monoisotopic (exact) mass is 265 g/mol. The predicted molar refractivity (Wildman–Crippen MR) is 70.0 cm³/mol. The van der Waals surface area contributed by atoms with E-state index in [2.05, 4.69) is 9.97 Å². The van der Waals surface area contributed by atoms with Gasteiger partial charge in [0.15, 0.2) is 5.03 Å². The van der Waals surface area contributed by atoms with E-state index in [0.717, 1.165) is 0 Å². The summed E-state index contributed by atoms with van der Waals surface area (Å²) < 4.78 is 25.9. The van der Waals surface area contributed by atoms with Gasteiger partial charge in [-0.25, -0.2) is 4.98 Å². The number of sulfonamides is 1. The highest BCUT2D eigenvalue weighted by Gasteiger charge is 2.23. The lowest BCUT2D eigenvalue weighted by molar-refractivity contribution is 0.591. The number of H-pyrrole nitrogens is 1. The van der Waals surface area contributed by atoms with Gasteiger partial charge in [0.05, 0.1) is 11.9 Å². The SMILES string of the molecule is CCc1ncc(S(=O)(=O)N(C)c2ccccc2)[nH]1. The maximum atomic E-state index is 12.3. The number of anilines is 1. The second-order valence-electron chi connectivity index (χ2n) is 3.86. The first kappa shape index (κ1) is 12.6. The summed E-state index contributed by atoms with van der Waals surface area (Å²) in [5.74, 6) is 0.662. The van der Waals surface area contributed by atoms with Crippen molar-refractivity contribution in [3.8, 4) is 0 Å². The van der Waals surface area contributed by atoms with Crippen molar-refractivity contribution in [2.75, 3.05) is 11.4 Å². The molecule has 1 N–H and O–H groups in total. The Bertz CT molecular complexity index is 620.